The van der Waals surface area contributed by atoms with Crippen molar-refractivity contribution in [1.29, 1.82) is 0 Å². The summed E-state index contributed by atoms with van der Waals surface area (Å²) in [4.78, 5) is 8.48. The summed E-state index contributed by atoms with van der Waals surface area (Å²) >= 11 is 0. The van der Waals surface area contributed by atoms with E-state index in [0.29, 0.717) is 29.2 Å². The minimum atomic E-state index is -4.36. The van der Waals surface area contributed by atoms with Crippen molar-refractivity contribution in [2.75, 3.05) is 10.6 Å². The topological polar surface area (TPSA) is 49.8 Å². The standard InChI is InChI=1S/C15H15F3N4/c1-9-19-13(21-11-5-6-11)8-14(20-9)22-12-4-2-3-10(7-12)15(16,17)18/h2-4,7-8,11H,5-6H2,1H3,(H2,19,20,21,22). The van der Waals surface area contributed by atoms with Crippen molar-refractivity contribution < 1.29 is 13.2 Å². The summed E-state index contributed by atoms with van der Waals surface area (Å²) in [7, 11) is 0. The predicted octanol–water partition coefficient (Wildman–Crippen LogP) is 4.12. The second-order valence-corrected chi connectivity index (χ2v) is 5.31. The molecule has 22 heavy (non-hydrogen) atoms. The molecular weight excluding hydrogens is 293 g/mol. The third-order valence-electron chi connectivity index (χ3n) is 3.23. The molecule has 0 aliphatic heterocycles. The number of halogens is 3. The average molecular weight is 308 g/mol. The number of hydrogen-bond acceptors (Lipinski definition) is 4. The highest BCUT2D eigenvalue weighted by atomic mass is 19.4. The molecule has 2 aromatic rings. The van der Waals surface area contributed by atoms with Crippen LogP contribution in [0.5, 0.6) is 0 Å². The molecule has 1 heterocycles. The lowest BCUT2D eigenvalue weighted by Gasteiger charge is -2.12. The Morgan fingerprint density at radius 1 is 1.09 bits per heavy atom. The number of benzene rings is 1. The van der Waals surface area contributed by atoms with Crippen LogP contribution in [0.2, 0.25) is 0 Å². The molecule has 0 bridgehead atoms. The third-order valence-corrected chi connectivity index (χ3v) is 3.23. The van der Waals surface area contributed by atoms with Gasteiger partial charge in [0.1, 0.15) is 17.5 Å². The predicted molar refractivity (Wildman–Crippen MR) is 78.1 cm³/mol. The van der Waals surface area contributed by atoms with E-state index in [1.165, 1.54) is 6.07 Å². The molecule has 116 valence electrons. The summed E-state index contributed by atoms with van der Waals surface area (Å²) in [5, 5.41) is 6.15. The number of alkyl halides is 3. The molecule has 1 saturated carbocycles. The van der Waals surface area contributed by atoms with E-state index in [9.17, 15) is 13.2 Å². The van der Waals surface area contributed by atoms with Gasteiger partial charge in [0.25, 0.3) is 0 Å². The first-order valence-corrected chi connectivity index (χ1v) is 6.97. The van der Waals surface area contributed by atoms with Gasteiger partial charge >= 0.3 is 6.18 Å². The molecule has 1 aliphatic rings. The number of aryl methyl sites for hydroxylation is 1. The van der Waals surface area contributed by atoms with Crippen LogP contribution in [0.3, 0.4) is 0 Å². The summed E-state index contributed by atoms with van der Waals surface area (Å²) in [5.74, 6) is 1.71. The molecule has 0 spiro atoms. The fourth-order valence-electron chi connectivity index (χ4n) is 2.06. The van der Waals surface area contributed by atoms with Gasteiger partial charge in [-0.2, -0.15) is 13.2 Å². The normalized spacial score (nSPS) is 14.7. The Morgan fingerprint density at radius 2 is 1.82 bits per heavy atom. The van der Waals surface area contributed by atoms with E-state index in [4.69, 9.17) is 0 Å². The summed E-state index contributed by atoms with van der Waals surface area (Å²) in [6.45, 7) is 1.75. The monoisotopic (exact) mass is 308 g/mol. The first-order chi connectivity index (χ1) is 10.4. The van der Waals surface area contributed by atoms with Crippen LogP contribution in [-0.4, -0.2) is 16.0 Å². The van der Waals surface area contributed by atoms with Crippen LogP contribution in [-0.2, 0) is 6.18 Å². The molecule has 2 N–H and O–H groups in total. The number of aromatic nitrogens is 2. The van der Waals surface area contributed by atoms with Crippen LogP contribution in [0.25, 0.3) is 0 Å². The number of rotatable bonds is 4. The lowest BCUT2D eigenvalue weighted by Crippen LogP contribution is -2.07. The smallest absolute Gasteiger partial charge is 0.367 e. The quantitative estimate of drug-likeness (QED) is 0.892. The highest BCUT2D eigenvalue weighted by Gasteiger charge is 2.30. The first-order valence-electron chi connectivity index (χ1n) is 6.97. The van der Waals surface area contributed by atoms with E-state index < -0.39 is 11.7 Å². The lowest BCUT2D eigenvalue weighted by atomic mass is 10.2. The zero-order valence-electron chi connectivity index (χ0n) is 11.9. The van der Waals surface area contributed by atoms with Crippen LogP contribution in [0.4, 0.5) is 30.5 Å². The van der Waals surface area contributed by atoms with Crippen molar-refractivity contribution in [2.45, 2.75) is 32.0 Å². The van der Waals surface area contributed by atoms with Crippen molar-refractivity contribution >= 4 is 17.3 Å². The Bertz CT molecular complexity index is 681. The number of hydrogen-bond donors (Lipinski definition) is 2. The summed E-state index contributed by atoms with van der Waals surface area (Å²) in [6.07, 6.45) is -2.14. The van der Waals surface area contributed by atoms with Crippen molar-refractivity contribution in [1.82, 2.24) is 9.97 Å². The van der Waals surface area contributed by atoms with E-state index in [0.717, 1.165) is 25.0 Å². The number of nitrogens with one attached hydrogen (secondary N) is 2. The van der Waals surface area contributed by atoms with Gasteiger partial charge in [0.15, 0.2) is 0 Å². The Hall–Kier alpha value is -2.31. The summed E-state index contributed by atoms with van der Waals surface area (Å²) < 4.78 is 38.2. The number of nitrogens with zero attached hydrogens (tertiary/aromatic N) is 2. The largest absolute Gasteiger partial charge is 0.416 e. The Balaban J connectivity index is 1.81. The van der Waals surface area contributed by atoms with Crippen molar-refractivity contribution in [3.8, 4) is 0 Å². The van der Waals surface area contributed by atoms with E-state index in [2.05, 4.69) is 20.6 Å². The maximum atomic E-state index is 12.7. The van der Waals surface area contributed by atoms with Crippen molar-refractivity contribution in [3.05, 3.63) is 41.7 Å². The van der Waals surface area contributed by atoms with Gasteiger partial charge in [-0.25, -0.2) is 9.97 Å². The van der Waals surface area contributed by atoms with E-state index in [1.807, 2.05) is 0 Å². The minimum absolute atomic E-state index is 0.338. The molecule has 0 atom stereocenters. The van der Waals surface area contributed by atoms with Gasteiger partial charge in [-0.3, -0.25) is 0 Å². The Morgan fingerprint density at radius 3 is 2.50 bits per heavy atom. The average Bonchev–Trinajstić information content (AvgIpc) is 3.21. The maximum Gasteiger partial charge on any atom is 0.416 e. The molecule has 1 aromatic carbocycles. The van der Waals surface area contributed by atoms with E-state index >= 15 is 0 Å². The van der Waals surface area contributed by atoms with Gasteiger partial charge in [-0.1, -0.05) is 6.07 Å². The van der Waals surface area contributed by atoms with Gasteiger partial charge in [0.05, 0.1) is 5.56 Å². The third kappa shape index (κ3) is 3.66. The lowest BCUT2D eigenvalue weighted by molar-refractivity contribution is -0.137. The second kappa shape index (κ2) is 5.47. The molecule has 1 fully saturated rings. The number of anilines is 3. The SMILES string of the molecule is Cc1nc(Nc2cccc(C(F)(F)F)c2)cc(NC2CC2)n1. The van der Waals surface area contributed by atoms with Crippen LogP contribution >= 0.6 is 0 Å². The molecule has 0 amide bonds. The molecule has 0 saturated heterocycles. The summed E-state index contributed by atoms with van der Waals surface area (Å²) in [5.41, 5.74) is -0.357. The molecule has 0 radical (unpaired) electrons. The Labute approximate surface area is 125 Å². The van der Waals surface area contributed by atoms with Crippen LogP contribution in [0.15, 0.2) is 30.3 Å². The van der Waals surface area contributed by atoms with Crippen LogP contribution in [0, 0.1) is 6.92 Å². The van der Waals surface area contributed by atoms with Gasteiger partial charge in [-0.05, 0) is 38.0 Å². The molecule has 7 heteroatoms. The second-order valence-electron chi connectivity index (χ2n) is 5.31. The minimum Gasteiger partial charge on any atom is -0.367 e. The molecule has 4 nitrogen and oxygen atoms in total. The zero-order chi connectivity index (χ0) is 15.7. The molecule has 0 unspecified atom stereocenters. The maximum absolute atomic E-state index is 12.7. The van der Waals surface area contributed by atoms with E-state index in [1.54, 1.807) is 19.1 Å². The van der Waals surface area contributed by atoms with Crippen LogP contribution < -0.4 is 10.6 Å². The van der Waals surface area contributed by atoms with Gasteiger partial charge in [0, 0.05) is 17.8 Å². The first kappa shape index (κ1) is 14.6. The fourth-order valence-corrected chi connectivity index (χ4v) is 2.06. The Kier molecular flexibility index (Phi) is 3.64. The molecule has 1 aromatic heterocycles. The van der Waals surface area contributed by atoms with Crippen LogP contribution in [0.1, 0.15) is 24.2 Å². The molecule has 1 aliphatic carbocycles. The molecular formula is C15H15F3N4. The summed E-state index contributed by atoms with van der Waals surface area (Å²) in [6, 6.07) is 7.17. The zero-order valence-corrected chi connectivity index (χ0v) is 11.9. The van der Waals surface area contributed by atoms with Gasteiger partial charge in [-0.15, -0.1) is 0 Å². The van der Waals surface area contributed by atoms with Crippen molar-refractivity contribution in [2.24, 2.45) is 0 Å². The van der Waals surface area contributed by atoms with Crippen molar-refractivity contribution in [3.63, 3.8) is 0 Å². The van der Waals surface area contributed by atoms with Gasteiger partial charge in [0.2, 0.25) is 0 Å². The fraction of sp³-hybridized carbons (Fsp3) is 0.333. The van der Waals surface area contributed by atoms with Gasteiger partial charge < -0.3 is 10.6 Å². The highest BCUT2D eigenvalue weighted by molar-refractivity contribution is 5.60. The highest BCUT2D eigenvalue weighted by Crippen LogP contribution is 2.31. The molecule has 3 rings (SSSR count). The van der Waals surface area contributed by atoms with E-state index in [-0.39, 0.29) is 0 Å².